The Hall–Kier alpha value is -1.93. The molecule has 0 bridgehead atoms. The van der Waals surface area contributed by atoms with Gasteiger partial charge in [0.05, 0.1) is 13.2 Å². The molecule has 1 aromatic rings. The number of carbonyl (C=O) groups is 1. The van der Waals surface area contributed by atoms with Crippen molar-refractivity contribution in [3.8, 4) is 0 Å². The highest BCUT2D eigenvalue weighted by Crippen LogP contribution is 2.41. The van der Waals surface area contributed by atoms with E-state index in [9.17, 15) is 4.79 Å². The lowest BCUT2D eigenvalue weighted by Gasteiger charge is -2.26. The van der Waals surface area contributed by atoms with E-state index in [1.165, 1.54) is 5.57 Å². The zero-order valence-corrected chi connectivity index (χ0v) is 12.7. The maximum Gasteiger partial charge on any atom is 0.150 e. The number of benzene rings is 1. The van der Waals surface area contributed by atoms with Crippen molar-refractivity contribution >= 4 is 6.29 Å². The first kappa shape index (κ1) is 15.5. The summed E-state index contributed by atoms with van der Waals surface area (Å²) in [5, 5.41) is 0. The van der Waals surface area contributed by atoms with Crippen molar-refractivity contribution < 1.29 is 9.53 Å². The summed E-state index contributed by atoms with van der Waals surface area (Å²) in [5.41, 5.74) is 3.23. The van der Waals surface area contributed by atoms with Crippen molar-refractivity contribution in [3.63, 3.8) is 0 Å². The van der Waals surface area contributed by atoms with Crippen LogP contribution < -0.4 is 0 Å². The Bertz CT molecular complexity index is 564. The summed E-state index contributed by atoms with van der Waals surface area (Å²) in [6.45, 7) is 5.22. The summed E-state index contributed by atoms with van der Waals surface area (Å²) in [7, 11) is 0. The van der Waals surface area contributed by atoms with Crippen LogP contribution in [0, 0.1) is 5.41 Å². The number of rotatable bonds is 5. The van der Waals surface area contributed by atoms with Gasteiger partial charge < -0.3 is 4.74 Å². The van der Waals surface area contributed by atoms with Gasteiger partial charge in [-0.2, -0.15) is 0 Å². The second-order valence-electron chi connectivity index (χ2n) is 5.12. The molecule has 0 saturated carbocycles. The van der Waals surface area contributed by atoms with Crippen LogP contribution in [0.15, 0.2) is 60.2 Å². The van der Waals surface area contributed by atoms with Crippen molar-refractivity contribution in [2.75, 3.05) is 6.61 Å². The SMILES string of the molecule is CC.O=Cc1ccc(COCC2=CC3(C=CC3)C=C2)cc1. The maximum absolute atomic E-state index is 10.5. The molecule has 0 heterocycles. The van der Waals surface area contributed by atoms with E-state index in [0.717, 1.165) is 18.3 Å². The van der Waals surface area contributed by atoms with Crippen LogP contribution in [0.2, 0.25) is 0 Å². The van der Waals surface area contributed by atoms with Crippen LogP contribution in [0.3, 0.4) is 0 Å². The molecule has 0 radical (unpaired) electrons. The van der Waals surface area contributed by atoms with Crippen LogP contribution in [0.1, 0.15) is 36.2 Å². The smallest absolute Gasteiger partial charge is 0.150 e. The summed E-state index contributed by atoms with van der Waals surface area (Å²) >= 11 is 0. The van der Waals surface area contributed by atoms with Crippen LogP contribution in [0.5, 0.6) is 0 Å². The third-order valence-electron chi connectivity index (χ3n) is 3.61. The van der Waals surface area contributed by atoms with Crippen LogP contribution in [0.4, 0.5) is 0 Å². The van der Waals surface area contributed by atoms with E-state index >= 15 is 0 Å². The molecule has 0 aliphatic heterocycles. The van der Waals surface area contributed by atoms with Crippen LogP contribution in [-0.2, 0) is 11.3 Å². The van der Waals surface area contributed by atoms with Crippen molar-refractivity contribution in [1.82, 2.24) is 0 Å². The largest absolute Gasteiger partial charge is 0.372 e. The zero-order valence-electron chi connectivity index (χ0n) is 12.7. The molecular weight excluding hydrogens is 260 g/mol. The molecule has 0 N–H and O–H groups in total. The molecule has 3 rings (SSSR count). The molecule has 1 spiro atoms. The van der Waals surface area contributed by atoms with Crippen LogP contribution in [-0.4, -0.2) is 12.9 Å². The zero-order chi connectivity index (χ0) is 15.1. The number of hydrogen-bond donors (Lipinski definition) is 0. The lowest BCUT2D eigenvalue weighted by molar-refractivity contribution is 0.112. The summed E-state index contributed by atoms with van der Waals surface area (Å²) in [5.74, 6) is 0. The minimum atomic E-state index is 0.199. The average molecular weight is 282 g/mol. The fourth-order valence-corrected chi connectivity index (χ4v) is 2.39. The molecule has 0 saturated heterocycles. The van der Waals surface area contributed by atoms with E-state index in [0.29, 0.717) is 18.8 Å². The van der Waals surface area contributed by atoms with Gasteiger partial charge in [-0.05, 0) is 17.6 Å². The molecule has 0 amide bonds. The van der Waals surface area contributed by atoms with E-state index in [4.69, 9.17) is 4.74 Å². The van der Waals surface area contributed by atoms with E-state index in [-0.39, 0.29) is 5.41 Å². The minimum Gasteiger partial charge on any atom is -0.372 e. The van der Waals surface area contributed by atoms with Crippen molar-refractivity contribution in [2.45, 2.75) is 26.9 Å². The normalized spacial score (nSPS) is 21.5. The lowest BCUT2D eigenvalue weighted by atomic mass is 9.78. The highest BCUT2D eigenvalue weighted by Gasteiger charge is 2.29. The van der Waals surface area contributed by atoms with Gasteiger partial charge in [0.25, 0.3) is 0 Å². The quantitative estimate of drug-likeness (QED) is 0.587. The molecule has 110 valence electrons. The number of carbonyl (C=O) groups excluding carboxylic acids is 1. The maximum atomic E-state index is 10.5. The molecule has 0 fully saturated rings. The Kier molecular flexibility index (Phi) is 5.29. The van der Waals surface area contributed by atoms with E-state index in [1.54, 1.807) is 0 Å². The first-order valence-electron chi connectivity index (χ1n) is 7.50. The van der Waals surface area contributed by atoms with Crippen molar-refractivity contribution in [3.05, 3.63) is 71.3 Å². The van der Waals surface area contributed by atoms with Gasteiger partial charge in [-0.3, -0.25) is 4.79 Å². The standard InChI is InChI=1S/C17H16O2.C2H6/c18-11-14-2-4-15(5-3-14)12-19-13-16-6-9-17(10-16)7-1-8-17;1-2/h1-7,9-11H,8,12-13H2;1-2H3. The monoisotopic (exact) mass is 282 g/mol. The van der Waals surface area contributed by atoms with Crippen molar-refractivity contribution in [1.29, 1.82) is 0 Å². The van der Waals surface area contributed by atoms with Gasteiger partial charge >= 0.3 is 0 Å². The third-order valence-corrected chi connectivity index (χ3v) is 3.61. The van der Waals surface area contributed by atoms with E-state index < -0.39 is 0 Å². The second-order valence-corrected chi connectivity index (χ2v) is 5.12. The topological polar surface area (TPSA) is 26.3 Å². The third kappa shape index (κ3) is 3.79. The fraction of sp³-hybridized carbons (Fsp3) is 0.316. The highest BCUT2D eigenvalue weighted by atomic mass is 16.5. The summed E-state index contributed by atoms with van der Waals surface area (Å²) < 4.78 is 5.71. The molecular formula is C19H22O2. The molecule has 1 aromatic carbocycles. The van der Waals surface area contributed by atoms with Gasteiger partial charge in [0, 0.05) is 11.0 Å². The Morgan fingerprint density at radius 2 is 1.86 bits per heavy atom. The average Bonchev–Trinajstić information content (AvgIpc) is 2.95. The molecule has 21 heavy (non-hydrogen) atoms. The molecule has 2 aliphatic carbocycles. The van der Waals surface area contributed by atoms with Crippen LogP contribution in [0.25, 0.3) is 0 Å². The Morgan fingerprint density at radius 3 is 2.38 bits per heavy atom. The van der Waals surface area contributed by atoms with Gasteiger partial charge in [0.1, 0.15) is 6.29 Å². The number of allylic oxidation sites excluding steroid dienone is 4. The molecule has 2 heteroatoms. The molecule has 0 aromatic heterocycles. The Morgan fingerprint density at radius 1 is 1.14 bits per heavy atom. The number of ether oxygens (including phenoxy) is 1. The summed E-state index contributed by atoms with van der Waals surface area (Å²) in [6, 6.07) is 7.49. The minimum absolute atomic E-state index is 0.199. The van der Waals surface area contributed by atoms with Gasteiger partial charge in [-0.15, -0.1) is 0 Å². The molecule has 1 unspecified atom stereocenters. The van der Waals surface area contributed by atoms with Gasteiger partial charge in [-0.25, -0.2) is 0 Å². The first-order valence-corrected chi connectivity index (χ1v) is 7.50. The summed E-state index contributed by atoms with van der Waals surface area (Å²) in [4.78, 5) is 10.5. The number of aldehydes is 1. The summed E-state index contributed by atoms with van der Waals surface area (Å²) in [6.07, 6.45) is 13.1. The lowest BCUT2D eigenvalue weighted by Crippen LogP contribution is -2.15. The van der Waals surface area contributed by atoms with E-state index in [2.05, 4.69) is 30.4 Å². The van der Waals surface area contributed by atoms with Crippen LogP contribution >= 0.6 is 0 Å². The van der Waals surface area contributed by atoms with Gasteiger partial charge in [0.15, 0.2) is 0 Å². The van der Waals surface area contributed by atoms with Gasteiger partial charge in [-0.1, -0.05) is 68.5 Å². The molecule has 2 aliphatic rings. The first-order chi connectivity index (χ1) is 10.3. The molecule has 2 nitrogen and oxygen atoms in total. The second kappa shape index (κ2) is 7.19. The molecule has 1 atom stereocenters. The Balaban J connectivity index is 0.000000774. The predicted molar refractivity (Wildman–Crippen MR) is 86.2 cm³/mol. The van der Waals surface area contributed by atoms with E-state index in [1.807, 2.05) is 38.1 Å². The predicted octanol–water partition coefficient (Wildman–Crippen LogP) is 4.48. The Labute approximate surface area is 126 Å². The fourth-order valence-electron chi connectivity index (χ4n) is 2.39. The van der Waals surface area contributed by atoms with Gasteiger partial charge in [0.2, 0.25) is 0 Å². The number of hydrogen-bond acceptors (Lipinski definition) is 2. The highest BCUT2D eigenvalue weighted by molar-refractivity contribution is 5.74. The van der Waals surface area contributed by atoms with Crippen molar-refractivity contribution in [2.24, 2.45) is 5.41 Å².